The van der Waals surface area contributed by atoms with Crippen molar-refractivity contribution in [3.05, 3.63) is 47.9 Å². The Morgan fingerprint density at radius 3 is 2.56 bits per heavy atom. The zero-order valence-corrected chi connectivity index (χ0v) is 17.4. The van der Waals surface area contributed by atoms with E-state index in [4.69, 9.17) is 17.3 Å². The highest BCUT2D eigenvalue weighted by Gasteiger charge is 2.38. The number of hydrazone groups is 1. The van der Waals surface area contributed by atoms with Gasteiger partial charge in [-0.15, -0.1) is 0 Å². The normalized spacial score (nSPS) is 14.6. The summed E-state index contributed by atoms with van der Waals surface area (Å²) >= 11 is 0. The Balaban J connectivity index is 1.94. The number of nitrogens with one attached hydrogen (secondary N) is 1. The highest BCUT2D eigenvalue weighted by Crippen LogP contribution is 2.33. The minimum absolute atomic E-state index is 0.245. The average Bonchev–Trinajstić information content (AvgIpc) is 2.70. The van der Waals surface area contributed by atoms with Gasteiger partial charge in [-0.1, -0.05) is 0 Å². The van der Waals surface area contributed by atoms with Gasteiger partial charge < -0.3 is 22.6 Å². The van der Waals surface area contributed by atoms with Crippen LogP contribution < -0.4 is 22.6 Å². The third kappa shape index (κ3) is 5.27. The van der Waals surface area contributed by atoms with Gasteiger partial charge in [-0.25, -0.2) is 15.0 Å². The van der Waals surface area contributed by atoms with E-state index in [0.717, 1.165) is 0 Å². The summed E-state index contributed by atoms with van der Waals surface area (Å²) in [5, 5.41) is 7.76. The SMILES string of the molecule is CN=C(C=NN)c1cc2cc(Nc3cc([C@@](C)(N)CC(F)(F)F)ccn3)ncc2c(N)n1. The molecule has 7 N–H and O–H groups in total. The molecule has 9 nitrogen and oxygen atoms in total. The summed E-state index contributed by atoms with van der Waals surface area (Å²) in [6.07, 6.45) is -1.30. The second kappa shape index (κ2) is 8.75. The number of halogens is 3. The molecule has 0 spiro atoms. The molecule has 3 rings (SSSR count). The lowest BCUT2D eigenvalue weighted by molar-refractivity contribution is -0.146. The molecular formula is C20H22F3N9. The summed E-state index contributed by atoms with van der Waals surface area (Å²) in [6, 6.07) is 6.36. The predicted octanol–water partition coefficient (Wildman–Crippen LogP) is 2.84. The third-order valence-electron chi connectivity index (χ3n) is 4.69. The average molecular weight is 445 g/mol. The van der Waals surface area contributed by atoms with Crippen LogP contribution in [0.3, 0.4) is 0 Å². The number of nitrogens with zero attached hydrogens (tertiary/aromatic N) is 5. The summed E-state index contributed by atoms with van der Waals surface area (Å²) in [5.41, 5.74) is 11.5. The van der Waals surface area contributed by atoms with Crippen LogP contribution in [0.15, 0.2) is 46.8 Å². The van der Waals surface area contributed by atoms with Gasteiger partial charge in [0, 0.05) is 30.4 Å². The van der Waals surface area contributed by atoms with Crippen LogP contribution in [0.2, 0.25) is 0 Å². The van der Waals surface area contributed by atoms with E-state index in [2.05, 4.69) is 30.4 Å². The number of rotatable bonds is 6. The van der Waals surface area contributed by atoms with E-state index in [1.165, 1.54) is 37.7 Å². The molecule has 0 bridgehead atoms. The molecule has 1 atom stereocenters. The molecule has 0 amide bonds. The Bertz CT molecular complexity index is 1190. The Kier molecular flexibility index (Phi) is 6.25. The van der Waals surface area contributed by atoms with Gasteiger partial charge in [-0.05, 0) is 42.1 Å². The number of alkyl halides is 3. The third-order valence-corrected chi connectivity index (χ3v) is 4.69. The smallest absolute Gasteiger partial charge is 0.383 e. The molecule has 0 aliphatic heterocycles. The van der Waals surface area contributed by atoms with Gasteiger partial charge in [0.1, 0.15) is 23.2 Å². The first kappa shape index (κ1) is 22.9. The van der Waals surface area contributed by atoms with E-state index in [-0.39, 0.29) is 11.4 Å². The van der Waals surface area contributed by atoms with Gasteiger partial charge in [0.2, 0.25) is 0 Å². The van der Waals surface area contributed by atoms with E-state index in [9.17, 15) is 13.2 Å². The number of pyridine rings is 3. The quantitative estimate of drug-likeness (QED) is 0.258. The lowest BCUT2D eigenvalue weighted by atomic mass is 9.90. The molecule has 0 saturated heterocycles. The molecule has 3 heterocycles. The van der Waals surface area contributed by atoms with E-state index in [1.54, 1.807) is 19.2 Å². The molecule has 0 aliphatic carbocycles. The molecule has 0 aromatic carbocycles. The summed E-state index contributed by atoms with van der Waals surface area (Å²) in [7, 11) is 1.57. The molecule has 32 heavy (non-hydrogen) atoms. The highest BCUT2D eigenvalue weighted by molar-refractivity contribution is 6.38. The molecular weight excluding hydrogens is 423 g/mol. The maximum absolute atomic E-state index is 12.9. The van der Waals surface area contributed by atoms with Gasteiger partial charge in [0.05, 0.1) is 18.3 Å². The fraction of sp³-hybridized carbons (Fsp3) is 0.250. The first-order valence-electron chi connectivity index (χ1n) is 9.38. The largest absolute Gasteiger partial charge is 0.391 e. The minimum Gasteiger partial charge on any atom is -0.383 e. The summed E-state index contributed by atoms with van der Waals surface area (Å²) in [4.78, 5) is 16.8. The van der Waals surface area contributed by atoms with E-state index in [1.807, 2.05) is 0 Å². The Morgan fingerprint density at radius 2 is 1.91 bits per heavy atom. The Hall–Kier alpha value is -3.80. The van der Waals surface area contributed by atoms with Crippen molar-refractivity contribution in [3.63, 3.8) is 0 Å². The van der Waals surface area contributed by atoms with Gasteiger partial charge in [0.15, 0.2) is 0 Å². The maximum atomic E-state index is 12.9. The number of fused-ring (bicyclic) bond motifs is 1. The van der Waals surface area contributed by atoms with Crippen molar-refractivity contribution in [2.75, 3.05) is 18.1 Å². The highest BCUT2D eigenvalue weighted by atomic mass is 19.4. The van der Waals surface area contributed by atoms with Crippen LogP contribution >= 0.6 is 0 Å². The summed E-state index contributed by atoms with van der Waals surface area (Å²) in [5.74, 6) is 6.15. The van der Waals surface area contributed by atoms with Crippen molar-refractivity contribution in [1.29, 1.82) is 0 Å². The molecule has 168 valence electrons. The van der Waals surface area contributed by atoms with E-state index >= 15 is 0 Å². The Morgan fingerprint density at radius 1 is 1.19 bits per heavy atom. The van der Waals surface area contributed by atoms with E-state index < -0.39 is 18.1 Å². The maximum Gasteiger partial charge on any atom is 0.391 e. The monoisotopic (exact) mass is 445 g/mol. The first-order valence-corrected chi connectivity index (χ1v) is 9.38. The van der Waals surface area contributed by atoms with Crippen molar-refractivity contribution in [2.24, 2.45) is 21.7 Å². The number of aromatic nitrogens is 3. The van der Waals surface area contributed by atoms with Gasteiger partial charge in [0.25, 0.3) is 0 Å². The number of nitrogen functional groups attached to an aromatic ring is 1. The van der Waals surface area contributed by atoms with Crippen LogP contribution in [0.4, 0.5) is 30.6 Å². The fourth-order valence-electron chi connectivity index (χ4n) is 3.19. The van der Waals surface area contributed by atoms with Crippen molar-refractivity contribution >= 4 is 40.2 Å². The minimum atomic E-state index is -4.40. The zero-order valence-electron chi connectivity index (χ0n) is 17.4. The van der Waals surface area contributed by atoms with E-state index in [0.29, 0.717) is 33.8 Å². The molecule has 0 fully saturated rings. The standard InChI is InChI=1S/C20H22F3N9/c1-19(25,10-20(21,22)23)12-3-4-28-17(7-12)32-16-6-11-5-14(15(27-2)9-30-26)31-18(24)13(11)8-29-16/h3-9H,10,25-26H2,1-2H3,(H2,24,31)(H,28,29,32)/t19-/m0/s1. The van der Waals surface area contributed by atoms with Crippen molar-refractivity contribution < 1.29 is 13.2 Å². The van der Waals surface area contributed by atoms with Crippen LogP contribution in [-0.2, 0) is 5.54 Å². The fourth-order valence-corrected chi connectivity index (χ4v) is 3.19. The van der Waals surface area contributed by atoms with Gasteiger partial charge >= 0.3 is 6.18 Å². The molecule has 0 saturated carbocycles. The topological polar surface area (TPSA) is 153 Å². The molecule has 3 aromatic rings. The molecule has 0 aliphatic rings. The molecule has 12 heteroatoms. The second-order valence-corrected chi connectivity index (χ2v) is 7.33. The molecule has 3 aromatic heterocycles. The number of anilines is 3. The van der Waals surface area contributed by atoms with Crippen molar-refractivity contribution in [1.82, 2.24) is 15.0 Å². The van der Waals surface area contributed by atoms with Gasteiger partial charge in [-0.2, -0.15) is 18.3 Å². The van der Waals surface area contributed by atoms with Crippen LogP contribution in [0.5, 0.6) is 0 Å². The number of hydrogen-bond acceptors (Lipinski definition) is 9. The first-order chi connectivity index (χ1) is 15.0. The van der Waals surface area contributed by atoms with Crippen molar-refractivity contribution in [2.45, 2.75) is 25.1 Å². The van der Waals surface area contributed by atoms with Gasteiger partial charge in [-0.3, -0.25) is 4.99 Å². The number of aliphatic imine (C=N–C) groups is 1. The van der Waals surface area contributed by atoms with Crippen LogP contribution in [0.1, 0.15) is 24.6 Å². The lowest BCUT2D eigenvalue weighted by Gasteiger charge is -2.26. The van der Waals surface area contributed by atoms with Crippen LogP contribution in [0.25, 0.3) is 10.8 Å². The number of nitrogens with two attached hydrogens (primary N) is 3. The predicted molar refractivity (Wildman–Crippen MR) is 119 cm³/mol. The van der Waals surface area contributed by atoms with Crippen LogP contribution in [0, 0.1) is 0 Å². The number of hydrogen-bond donors (Lipinski definition) is 4. The van der Waals surface area contributed by atoms with Crippen LogP contribution in [-0.4, -0.2) is 40.1 Å². The lowest BCUT2D eigenvalue weighted by Crippen LogP contribution is -2.38. The molecule has 0 unspecified atom stereocenters. The zero-order chi connectivity index (χ0) is 23.5. The summed E-state index contributed by atoms with van der Waals surface area (Å²) in [6.45, 7) is 1.32. The second-order valence-electron chi connectivity index (χ2n) is 7.33. The summed E-state index contributed by atoms with van der Waals surface area (Å²) < 4.78 is 38.6. The Labute approximate surface area is 181 Å². The molecule has 0 radical (unpaired) electrons. The van der Waals surface area contributed by atoms with Crippen molar-refractivity contribution in [3.8, 4) is 0 Å².